The number of hydrogen-bond acceptors (Lipinski definition) is 2. The molecule has 3 nitrogen and oxygen atoms in total. The molecule has 0 N–H and O–H groups in total. The van der Waals surface area contributed by atoms with Crippen molar-refractivity contribution in [2.24, 2.45) is 5.92 Å². The van der Waals surface area contributed by atoms with Gasteiger partial charge in [-0.3, -0.25) is 4.79 Å². The predicted molar refractivity (Wildman–Crippen MR) is 110 cm³/mol. The van der Waals surface area contributed by atoms with Crippen LogP contribution < -0.4 is 4.74 Å². The molecule has 0 bridgehead atoms. The smallest absolute Gasteiger partial charge is 0.263 e. The van der Waals surface area contributed by atoms with Crippen LogP contribution in [0.15, 0.2) is 48.5 Å². The van der Waals surface area contributed by atoms with Crippen LogP contribution in [0.1, 0.15) is 42.9 Å². The number of likely N-dealkylation sites (tertiary alicyclic amines) is 1. The van der Waals surface area contributed by atoms with E-state index in [1.54, 1.807) is 0 Å². The van der Waals surface area contributed by atoms with Gasteiger partial charge in [0.2, 0.25) is 0 Å². The molecule has 2 aromatic carbocycles. The number of hydrogen-bond donors (Lipinski definition) is 0. The van der Waals surface area contributed by atoms with Crippen LogP contribution in [0.4, 0.5) is 0 Å². The van der Waals surface area contributed by atoms with E-state index in [1.807, 2.05) is 31.7 Å². The Morgan fingerprint density at radius 3 is 2.48 bits per heavy atom. The van der Waals surface area contributed by atoms with E-state index in [0.717, 1.165) is 49.2 Å². The minimum absolute atomic E-state index is 0.136. The Hall–Kier alpha value is -2.29. The minimum Gasteiger partial charge on any atom is -0.480 e. The van der Waals surface area contributed by atoms with Gasteiger partial charge in [-0.2, -0.15) is 0 Å². The van der Waals surface area contributed by atoms with Crippen LogP contribution in [0, 0.1) is 19.8 Å². The van der Waals surface area contributed by atoms with E-state index in [2.05, 4.69) is 42.5 Å². The molecular formula is C24H31NO2. The number of aryl methyl sites for hydroxylation is 2. The summed E-state index contributed by atoms with van der Waals surface area (Å²) in [5, 5.41) is 0. The molecule has 0 aliphatic carbocycles. The normalized spacial score (nSPS) is 16.2. The molecule has 0 spiro atoms. The lowest BCUT2D eigenvalue weighted by atomic mass is 9.90. The van der Waals surface area contributed by atoms with E-state index in [-0.39, 0.29) is 5.91 Å². The molecule has 3 heteroatoms. The van der Waals surface area contributed by atoms with Crippen molar-refractivity contribution in [1.82, 2.24) is 4.90 Å². The lowest BCUT2D eigenvalue weighted by Gasteiger charge is -2.34. The molecule has 1 aliphatic heterocycles. The fraction of sp³-hybridized carbons (Fsp3) is 0.458. The SMILES string of the molecule is CC[C@H](Oc1cc(C)ccc1C)C(=O)N1CCC(Cc2ccccc2)CC1. The first-order valence-corrected chi connectivity index (χ1v) is 10.1. The van der Waals surface area contributed by atoms with E-state index < -0.39 is 6.10 Å². The zero-order chi connectivity index (χ0) is 19.2. The van der Waals surface area contributed by atoms with Gasteiger partial charge in [-0.05, 0) is 68.2 Å². The van der Waals surface area contributed by atoms with E-state index in [9.17, 15) is 4.79 Å². The first-order valence-electron chi connectivity index (χ1n) is 10.1. The second kappa shape index (κ2) is 9.07. The average molecular weight is 366 g/mol. The van der Waals surface area contributed by atoms with Crippen molar-refractivity contribution in [3.05, 3.63) is 65.2 Å². The Bertz CT molecular complexity index is 748. The molecule has 3 rings (SSSR count). The molecule has 1 heterocycles. The van der Waals surface area contributed by atoms with E-state index in [4.69, 9.17) is 4.74 Å². The predicted octanol–water partition coefficient (Wildman–Crippen LogP) is 4.94. The van der Waals surface area contributed by atoms with Crippen molar-refractivity contribution >= 4 is 5.91 Å². The summed E-state index contributed by atoms with van der Waals surface area (Å²) < 4.78 is 6.12. The standard InChI is InChI=1S/C24H31NO2/c1-4-22(27-23-16-18(2)10-11-19(23)3)24(26)25-14-12-21(13-15-25)17-20-8-6-5-7-9-20/h5-11,16,21-22H,4,12-15,17H2,1-3H3/t22-/m0/s1. The third-order valence-corrected chi connectivity index (χ3v) is 5.55. The third kappa shape index (κ3) is 5.12. The van der Waals surface area contributed by atoms with Gasteiger partial charge in [0.05, 0.1) is 0 Å². The number of piperidine rings is 1. The van der Waals surface area contributed by atoms with Crippen LogP contribution >= 0.6 is 0 Å². The van der Waals surface area contributed by atoms with Gasteiger partial charge in [0.25, 0.3) is 5.91 Å². The number of benzene rings is 2. The molecule has 1 saturated heterocycles. The highest BCUT2D eigenvalue weighted by Gasteiger charge is 2.29. The summed E-state index contributed by atoms with van der Waals surface area (Å²) in [4.78, 5) is 15.0. The fourth-order valence-electron chi connectivity index (χ4n) is 3.80. The Labute approximate surface area is 163 Å². The third-order valence-electron chi connectivity index (χ3n) is 5.55. The van der Waals surface area contributed by atoms with Crippen LogP contribution in [0.25, 0.3) is 0 Å². The van der Waals surface area contributed by atoms with Gasteiger partial charge in [0.1, 0.15) is 5.75 Å². The number of amides is 1. The van der Waals surface area contributed by atoms with Crippen LogP contribution in [0.3, 0.4) is 0 Å². The highest BCUT2D eigenvalue weighted by atomic mass is 16.5. The van der Waals surface area contributed by atoms with Gasteiger partial charge in [0.15, 0.2) is 6.10 Å². The maximum absolute atomic E-state index is 13.0. The van der Waals surface area contributed by atoms with E-state index in [1.165, 1.54) is 5.56 Å². The maximum atomic E-state index is 13.0. The topological polar surface area (TPSA) is 29.5 Å². The number of rotatable bonds is 6. The van der Waals surface area contributed by atoms with Gasteiger partial charge in [0, 0.05) is 13.1 Å². The highest BCUT2D eigenvalue weighted by Crippen LogP contribution is 2.25. The summed E-state index contributed by atoms with van der Waals surface area (Å²) >= 11 is 0. The van der Waals surface area contributed by atoms with Crippen LogP contribution in [0.5, 0.6) is 5.75 Å². The lowest BCUT2D eigenvalue weighted by Crippen LogP contribution is -2.46. The Kier molecular flexibility index (Phi) is 6.54. The zero-order valence-corrected chi connectivity index (χ0v) is 16.8. The Morgan fingerprint density at radius 1 is 1.11 bits per heavy atom. The summed E-state index contributed by atoms with van der Waals surface area (Å²) in [6.07, 6.45) is 3.55. The summed E-state index contributed by atoms with van der Waals surface area (Å²) in [7, 11) is 0. The maximum Gasteiger partial charge on any atom is 0.263 e. The molecule has 2 aromatic rings. The molecule has 0 saturated carbocycles. The van der Waals surface area contributed by atoms with E-state index in [0.29, 0.717) is 12.3 Å². The van der Waals surface area contributed by atoms with Crippen molar-refractivity contribution in [1.29, 1.82) is 0 Å². The summed E-state index contributed by atoms with van der Waals surface area (Å²) in [6, 6.07) is 16.8. The first kappa shape index (κ1) is 19.5. The summed E-state index contributed by atoms with van der Waals surface area (Å²) in [5.74, 6) is 1.63. The second-order valence-corrected chi connectivity index (χ2v) is 7.74. The van der Waals surface area contributed by atoms with E-state index >= 15 is 0 Å². The van der Waals surface area contributed by atoms with Crippen molar-refractivity contribution in [3.8, 4) is 5.75 Å². The zero-order valence-electron chi connectivity index (χ0n) is 16.8. The molecule has 0 aromatic heterocycles. The molecule has 27 heavy (non-hydrogen) atoms. The largest absolute Gasteiger partial charge is 0.480 e. The van der Waals surface area contributed by atoms with Gasteiger partial charge < -0.3 is 9.64 Å². The highest BCUT2D eigenvalue weighted by molar-refractivity contribution is 5.81. The second-order valence-electron chi connectivity index (χ2n) is 7.74. The van der Waals surface area contributed by atoms with Crippen molar-refractivity contribution in [2.45, 2.75) is 52.6 Å². The average Bonchev–Trinajstić information content (AvgIpc) is 2.69. The minimum atomic E-state index is -0.392. The summed E-state index contributed by atoms with van der Waals surface area (Å²) in [6.45, 7) is 7.77. The van der Waals surface area contributed by atoms with Gasteiger partial charge in [-0.25, -0.2) is 0 Å². The van der Waals surface area contributed by atoms with Crippen LogP contribution in [-0.4, -0.2) is 30.0 Å². The van der Waals surface area contributed by atoms with Gasteiger partial charge in [-0.15, -0.1) is 0 Å². The molecule has 144 valence electrons. The lowest BCUT2D eigenvalue weighted by molar-refractivity contribution is -0.140. The molecule has 1 atom stereocenters. The number of nitrogens with zero attached hydrogens (tertiary/aromatic N) is 1. The Balaban J connectivity index is 1.56. The number of carbonyl (C=O) groups is 1. The molecular weight excluding hydrogens is 334 g/mol. The molecule has 0 radical (unpaired) electrons. The van der Waals surface area contributed by atoms with Crippen molar-refractivity contribution in [2.75, 3.05) is 13.1 Å². The fourth-order valence-corrected chi connectivity index (χ4v) is 3.80. The molecule has 1 fully saturated rings. The van der Waals surface area contributed by atoms with Crippen molar-refractivity contribution in [3.63, 3.8) is 0 Å². The van der Waals surface area contributed by atoms with Gasteiger partial charge in [-0.1, -0.05) is 49.4 Å². The summed E-state index contributed by atoms with van der Waals surface area (Å²) in [5.41, 5.74) is 3.63. The molecule has 1 amide bonds. The van der Waals surface area contributed by atoms with Crippen molar-refractivity contribution < 1.29 is 9.53 Å². The molecule has 1 aliphatic rings. The van der Waals surface area contributed by atoms with Crippen LogP contribution in [0.2, 0.25) is 0 Å². The monoisotopic (exact) mass is 365 g/mol. The number of ether oxygens (including phenoxy) is 1. The van der Waals surface area contributed by atoms with Gasteiger partial charge >= 0.3 is 0 Å². The van der Waals surface area contributed by atoms with Crippen LogP contribution in [-0.2, 0) is 11.2 Å². The Morgan fingerprint density at radius 2 is 1.81 bits per heavy atom. The quantitative estimate of drug-likeness (QED) is 0.725. The number of carbonyl (C=O) groups excluding carboxylic acids is 1. The molecule has 0 unspecified atom stereocenters. The first-order chi connectivity index (χ1) is 13.1.